The Balaban J connectivity index is 1.31. The number of rotatable bonds is 68. The maximum atomic E-state index is 15.2. The number of nitrogens with zero attached hydrogens (tertiary/aromatic N) is 3. The van der Waals surface area contributed by atoms with Crippen LogP contribution in [0.1, 0.15) is 142 Å². The van der Waals surface area contributed by atoms with Crippen LogP contribution >= 0.6 is 24.4 Å². The van der Waals surface area contributed by atoms with Gasteiger partial charge < -0.3 is 151 Å². The van der Waals surface area contributed by atoms with Gasteiger partial charge in [-0.2, -0.15) is 29.4 Å². The minimum absolute atomic E-state index is 0.000936. The number of amides is 8. The first-order chi connectivity index (χ1) is 66.8. The van der Waals surface area contributed by atoms with E-state index in [9.17, 15) is 164 Å². The smallest absolute Gasteiger partial charge is 0.326 e. The van der Waals surface area contributed by atoms with Crippen molar-refractivity contribution in [3.8, 4) is 11.1 Å². The average molecular weight is 2030 g/mol. The van der Waals surface area contributed by atoms with Gasteiger partial charge in [0.15, 0.2) is 28.5 Å². The highest BCUT2D eigenvalue weighted by Crippen LogP contribution is 2.46. The van der Waals surface area contributed by atoms with E-state index in [-0.39, 0.29) is 53.0 Å². The number of H-pyrrole nitrogens is 1. The van der Waals surface area contributed by atoms with Crippen LogP contribution in [-0.4, -0.2) is 372 Å². The van der Waals surface area contributed by atoms with E-state index >= 15 is 14.4 Å². The van der Waals surface area contributed by atoms with Gasteiger partial charge in [0.05, 0.1) is 74.6 Å². The molecule has 0 saturated carbocycles. The summed E-state index contributed by atoms with van der Waals surface area (Å²) in [5.74, 6) is -27.3. The summed E-state index contributed by atoms with van der Waals surface area (Å²) in [7, 11) is 0. The molecule has 0 spiro atoms. The van der Waals surface area contributed by atoms with Crippen molar-refractivity contribution in [2.75, 3.05) is 74.3 Å². The molecule has 1 aliphatic carbocycles. The second kappa shape index (κ2) is 59.0. The maximum Gasteiger partial charge on any atom is 0.326 e. The van der Waals surface area contributed by atoms with Crippen LogP contribution in [-0.2, 0) is 78.5 Å². The van der Waals surface area contributed by atoms with E-state index < -0.39 is 375 Å². The number of hydrogen-bond donors (Lipinski definition) is 31. The second-order valence-corrected chi connectivity index (χ2v) is 35.2. The highest BCUT2D eigenvalue weighted by atomic mass is 32.2. The quantitative estimate of drug-likeness (QED) is 0.0127. The summed E-state index contributed by atoms with van der Waals surface area (Å²) in [6.07, 6.45) is -38.8. The third-order valence-electron chi connectivity index (χ3n) is 23.2. The van der Waals surface area contributed by atoms with Crippen molar-refractivity contribution in [3.05, 3.63) is 112 Å². The number of thioether (sulfide) groups is 1. The first-order valence-electron chi connectivity index (χ1n) is 44.8. The predicted octanol–water partition coefficient (Wildman–Crippen LogP) is -7.58. The molecule has 0 radical (unpaired) electrons. The number of carbonyl (C=O) groups excluding carboxylic acids is 12. The van der Waals surface area contributed by atoms with E-state index in [1.165, 1.54) is 42.2 Å². The Labute approximate surface area is 813 Å². The number of ketones is 4. The largest absolute Gasteiger partial charge is 0.481 e. The number of aliphatic hydroxyl groups excluding tert-OH is 15. The molecule has 0 bridgehead atoms. The molecule has 0 unspecified atom stereocenters. The van der Waals surface area contributed by atoms with Gasteiger partial charge in [-0.05, 0) is 85.0 Å². The summed E-state index contributed by atoms with van der Waals surface area (Å²) in [5, 5.41) is 213. The van der Waals surface area contributed by atoms with Gasteiger partial charge in [-0.3, -0.25) is 81.7 Å². The van der Waals surface area contributed by atoms with Gasteiger partial charge in [0.25, 0.3) is 11.5 Å². The summed E-state index contributed by atoms with van der Waals surface area (Å²) in [6, 6.07) is 13.1. The number of nitrogens with one attached hydrogen (secondary N) is 10. The molecule has 2 aromatic heterocycles. The van der Waals surface area contributed by atoms with E-state index in [1.807, 2.05) is 48.5 Å². The SMILES string of the molecule is Nc1nc2ncc(CNc3ccc(C(=O)N[C@@H](CCC(=O)C[C@@H](CCC(=O)NC[C@H](O)[C@@H](O)[C@H](O)[C@H](O)CO)C(=O)N[C@@H](CCC(=O)O)C(=O)C[C@@H](CCC(=O)NC[C@H](O)[C@@H](O)[C@H](O)[C@H](O)CO)C(=O)N[C@@H](CCC(=O)O)C(=O)C[C@@H](CCC(=O)NC[C@H](O)[C@@H](O)[C@H](O)[C@H](O)CO)C(=O)N[C@@H](CNC(=O)CCSCC4c5ccccc5-c5ccccc54)C(=O)C[C@@H](CS)C(=O)O)C(=O)O)cc3)nc2c(=O)[nH]1. The normalized spacial score (nSPS) is 16.1. The molecular formula is C89H122N14O36S2. The number of thiol groups is 1. The highest BCUT2D eigenvalue weighted by molar-refractivity contribution is 7.99. The number of aromatic nitrogens is 4. The van der Waals surface area contributed by atoms with Crippen LogP contribution in [0.25, 0.3) is 22.3 Å². The van der Waals surface area contributed by atoms with E-state index in [1.54, 1.807) is 0 Å². The van der Waals surface area contributed by atoms with Crippen LogP contribution in [0.15, 0.2) is 83.8 Å². The fourth-order valence-electron chi connectivity index (χ4n) is 14.8. The van der Waals surface area contributed by atoms with E-state index in [0.29, 0.717) is 11.4 Å². The molecule has 20 atom stereocenters. The number of aliphatic hydroxyl groups is 15. The zero-order valence-electron chi connectivity index (χ0n) is 76.1. The number of aliphatic carboxylic acids is 4. The fraction of sp³-hybridized carbons (Fsp3) is 0.551. The molecule has 50 nitrogen and oxygen atoms in total. The molecule has 776 valence electrons. The van der Waals surface area contributed by atoms with Gasteiger partial charge in [-0.1, -0.05) is 48.5 Å². The summed E-state index contributed by atoms with van der Waals surface area (Å²) in [5.41, 5.74) is 9.63. The molecule has 0 fully saturated rings. The van der Waals surface area contributed by atoms with Gasteiger partial charge in [0.2, 0.25) is 47.3 Å². The monoisotopic (exact) mass is 2030 g/mol. The molecule has 3 aromatic carbocycles. The predicted molar refractivity (Wildman–Crippen MR) is 496 cm³/mol. The topological polar surface area (TPSA) is 863 Å². The molecule has 1 aliphatic rings. The number of aromatic amines is 1. The maximum absolute atomic E-state index is 15.2. The number of nitrogens with two attached hydrogens (primary N) is 1. The van der Waals surface area contributed by atoms with Crippen LogP contribution in [0.5, 0.6) is 0 Å². The van der Waals surface area contributed by atoms with Gasteiger partial charge in [-0.15, -0.1) is 0 Å². The van der Waals surface area contributed by atoms with Gasteiger partial charge in [-0.25, -0.2) is 14.8 Å². The third kappa shape index (κ3) is 38.0. The van der Waals surface area contributed by atoms with Gasteiger partial charge in [0.1, 0.15) is 72.8 Å². The molecule has 5 aromatic rings. The number of anilines is 2. The number of carboxylic acids is 4. The van der Waals surface area contributed by atoms with Crippen LogP contribution in [0.2, 0.25) is 0 Å². The number of Topliss-reactive ketones (excluding diaryl/α,β-unsaturated/α-hetero) is 4. The molecule has 2 heterocycles. The number of carbonyl (C=O) groups is 16. The molecule has 141 heavy (non-hydrogen) atoms. The average Bonchev–Trinajstić information content (AvgIpc) is 1.61. The van der Waals surface area contributed by atoms with Crippen LogP contribution in [0.4, 0.5) is 11.6 Å². The molecule has 6 rings (SSSR count). The lowest BCUT2D eigenvalue weighted by molar-refractivity contribution is -0.143. The standard InChI is InChI=1S/C89H122N14O36S2/c90-89-102-81-74(86(135)103-89)97-48(32-96-81)31-91-47-14-9-42(10-15-47)82(131)100-57(88(138)139)17-16-49(107)27-43(11-20-68(117)93-34-62(111)75(125)78(128)65(114)37-104)83(132)98-55(18-23-72(121)122)59(108)28-44(12-21-69(118)94-35-63(112)76(126)79(129)66(115)38-105)84(133)99-56(19-24-73(123)124)60(109)29-45(13-22-70(119)95-36-64(113)77(127)80(130)67(116)39-106)85(134)101-58(61(110)30-46(40-140)87(136)137)33-92-71(120)25-26-141-41-54-52-7-3-1-5-50(52)51-6-2-4-8-53(51)54/h1-10,14-15,32,43-46,54-58,62-67,75-80,91,104-106,111-116,125-130,140H,11-13,16-31,33-41H2,(H,92,120)(H,93,117)(H,94,118)(H,95,119)(H,98,132)(H,99,133)(H,100,131)(H,101,134)(H,121,122)(H,123,124)(H,136,137)(H,138,139)(H3,90,96,102,103,135)/t43-,44-,45-,46+,55+,56+,57+,58+,62+,63+,64+,65-,66-,67-,75-,76-,77-,78-,79-,80-/m1/s1. The zero-order valence-corrected chi connectivity index (χ0v) is 77.9. The summed E-state index contributed by atoms with van der Waals surface area (Å²) >= 11 is 5.48. The first-order valence-corrected chi connectivity index (χ1v) is 46.6. The number of fused-ring (bicyclic) bond motifs is 4. The summed E-state index contributed by atoms with van der Waals surface area (Å²) < 4.78 is 0. The zero-order chi connectivity index (χ0) is 105. The molecule has 0 aliphatic heterocycles. The number of nitrogen functional groups attached to an aromatic ring is 1. The molecular weight excluding hydrogens is 1910 g/mol. The Kier molecular flexibility index (Phi) is 49.2. The lowest BCUT2D eigenvalue weighted by atomic mass is 9.88. The van der Waals surface area contributed by atoms with Gasteiger partial charge >= 0.3 is 23.9 Å². The van der Waals surface area contributed by atoms with E-state index in [4.69, 9.17) is 5.73 Å². The van der Waals surface area contributed by atoms with Crippen molar-refractivity contribution in [1.82, 2.24) is 62.5 Å². The number of carboxylic acid groups (broad SMARTS) is 4. The number of hydrogen-bond acceptors (Lipinski definition) is 39. The minimum atomic E-state index is -2.25. The lowest BCUT2D eigenvalue weighted by Gasteiger charge is -2.27. The van der Waals surface area contributed by atoms with Crippen LogP contribution < -0.4 is 59.1 Å². The van der Waals surface area contributed by atoms with Crippen LogP contribution in [0, 0.1) is 23.7 Å². The molecule has 52 heteroatoms. The van der Waals surface area contributed by atoms with Gasteiger partial charge in [0, 0.05) is 149 Å². The van der Waals surface area contributed by atoms with Crippen LogP contribution in [0.3, 0.4) is 0 Å². The fourth-order valence-corrected chi connectivity index (χ4v) is 16.2. The van der Waals surface area contributed by atoms with Crippen molar-refractivity contribution >= 4 is 141 Å². The second-order valence-electron chi connectivity index (χ2n) is 33.7. The lowest BCUT2D eigenvalue weighted by Crippen LogP contribution is -2.52. The Morgan fingerprint density at radius 3 is 1.26 bits per heavy atom. The van der Waals surface area contributed by atoms with Crippen molar-refractivity contribution < 1.29 is 174 Å². The molecule has 0 saturated heterocycles. The minimum Gasteiger partial charge on any atom is -0.481 e. The van der Waals surface area contributed by atoms with Crippen molar-refractivity contribution in [2.24, 2.45) is 23.7 Å². The third-order valence-corrected chi connectivity index (χ3v) is 24.7. The Hall–Kier alpha value is -12.1. The van der Waals surface area contributed by atoms with Crippen molar-refractivity contribution in [1.29, 1.82) is 0 Å². The van der Waals surface area contributed by atoms with Crippen molar-refractivity contribution in [2.45, 2.75) is 219 Å². The molecule has 31 N–H and O–H groups in total. The summed E-state index contributed by atoms with van der Waals surface area (Å²) in [4.78, 5) is 248. The van der Waals surface area contributed by atoms with Crippen molar-refractivity contribution in [3.63, 3.8) is 0 Å². The Bertz CT molecular complexity index is 5120. The first kappa shape index (κ1) is 118. The highest BCUT2D eigenvalue weighted by Gasteiger charge is 2.40. The van der Waals surface area contributed by atoms with E-state index in [2.05, 4.69) is 80.4 Å². The Morgan fingerprint density at radius 2 is 0.830 bits per heavy atom. The number of benzene rings is 3. The van der Waals surface area contributed by atoms with E-state index in [0.717, 1.165) is 22.3 Å². The Morgan fingerprint density at radius 1 is 0.433 bits per heavy atom. The molecule has 8 amide bonds. The summed E-state index contributed by atoms with van der Waals surface area (Å²) in [6.45, 7) is -6.77.